The van der Waals surface area contributed by atoms with E-state index < -0.39 is 0 Å². The predicted octanol–water partition coefficient (Wildman–Crippen LogP) is 1.02. The number of aliphatic hydroxyl groups excluding tert-OH is 1. The summed E-state index contributed by atoms with van der Waals surface area (Å²) in [5, 5.41) is 8.57. The Kier molecular flexibility index (Phi) is 1.97. The lowest BCUT2D eigenvalue weighted by atomic mass is 10.2. The molecule has 0 aromatic carbocycles. The number of hydrogen-bond acceptors (Lipinski definition) is 2. The van der Waals surface area contributed by atoms with E-state index >= 15 is 0 Å². The minimum absolute atomic E-state index is 0.138. The molecule has 0 spiro atoms. The van der Waals surface area contributed by atoms with Crippen LogP contribution < -0.4 is 0 Å². The van der Waals surface area contributed by atoms with Crippen molar-refractivity contribution >= 4 is 0 Å². The van der Waals surface area contributed by atoms with Crippen molar-refractivity contribution in [3.8, 4) is 0 Å². The summed E-state index contributed by atoms with van der Waals surface area (Å²) in [6, 6.07) is 1.52. The van der Waals surface area contributed by atoms with Crippen molar-refractivity contribution in [3.05, 3.63) is 29.3 Å². The Labute approximate surface area is 58.3 Å². The summed E-state index contributed by atoms with van der Waals surface area (Å²) < 4.78 is 12.5. The van der Waals surface area contributed by atoms with Crippen LogP contribution in [0.25, 0.3) is 0 Å². The van der Waals surface area contributed by atoms with E-state index in [4.69, 9.17) is 5.11 Å². The Morgan fingerprint density at radius 1 is 1.70 bits per heavy atom. The van der Waals surface area contributed by atoms with Crippen LogP contribution in [0.2, 0.25) is 0 Å². The molecular formula is C7H8FNO. The summed E-state index contributed by atoms with van der Waals surface area (Å²) in [5.74, 6) is -0.336. The number of aryl methyl sites for hydroxylation is 1. The van der Waals surface area contributed by atoms with E-state index in [9.17, 15) is 4.39 Å². The second-order valence-corrected chi connectivity index (χ2v) is 2.08. The van der Waals surface area contributed by atoms with Crippen molar-refractivity contribution in [2.45, 2.75) is 13.5 Å². The fourth-order valence-electron chi connectivity index (χ4n) is 0.684. The number of hydrogen-bond donors (Lipinski definition) is 1. The molecule has 0 unspecified atom stereocenters. The summed E-state index contributed by atoms with van der Waals surface area (Å²) >= 11 is 0. The summed E-state index contributed by atoms with van der Waals surface area (Å²) in [5.41, 5.74) is 1.01. The second-order valence-electron chi connectivity index (χ2n) is 2.08. The molecule has 0 aliphatic heterocycles. The van der Waals surface area contributed by atoms with Crippen molar-refractivity contribution < 1.29 is 9.50 Å². The zero-order valence-electron chi connectivity index (χ0n) is 5.63. The maximum absolute atomic E-state index is 12.5. The molecule has 1 aromatic rings. The van der Waals surface area contributed by atoms with E-state index in [1.165, 1.54) is 6.07 Å². The highest BCUT2D eigenvalue weighted by Gasteiger charge is 1.97. The molecule has 0 saturated carbocycles. The fraction of sp³-hybridized carbons (Fsp3) is 0.286. The third-order valence-electron chi connectivity index (χ3n) is 1.27. The molecule has 0 fully saturated rings. The highest BCUT2D eigenvalue weighted by molar-refractivity contribution is 5.15. The van der Waals surface area contributed by atoms with Crippen LogP contribution in [-0.2, 0) is 6.61 Å². The van der Waals surface area contributed by atoms with Gasteiger partial charge in [0.2, 0.25) is 0 Å². The van der Waals surface area contributed by atoms with Crippen LogP contribution in [0, 0.1) is 12.7 Å². The van der Waals surface area contributed by atoms with Gasteiger partial charge in [0.15, 0.2) is 0 Å². The number of aliphatic hydroxyl groups is 1. The van der Waals surface area contributed by atoms with Crippen molar-refractivity contribution in [1.82, 2.24) is 4.98 Å². The van der Waals surface area contributed by atoms with E-state index in [1.54, 1.807) is 6.92 Å². The van der Waals surface area contributed by atoms with Crippen molar-refractivity contribution in [3.63, 3.8) is 0 Å². The molecule has 10 heavy (non-hydrogen) atoms. The first-order chi connectivity index (χ1) is 4.74. The molecule has 1 N–H and O–H groups in total. The number of nitrogens with zero attached hydrogens (tertiary/aromatic N) is 1. The molecule has 0 saturated heterocycles. The maximum Gasteiger partial charge on any atom is 0.144 e. The van der Waals surface area contributed by atoms with Crippen LogP contribution in [0.3, 0.4) is 0 Å². The molecule has 54 valence electrons. The van der Waals surface area contributed by atoms with Crippen molar-refractivity contribution in [1.29, 1.82) is 0 Å². The van der Waals surface area contributed by atoms with Crippen molar-refractivity contribution in [2.75, 3.05) is 0 Å². The quantitative estimate of drug-likeness (QED) is 0.633. The Balaban J connectivity index is 3.04. The first kappa shape index (κ1) is 7.15. The summed E-state index contributed by atoms with van der Waals surface area (Å²) in [7, 11) is 0. The van der Waals surface area contributed by atoms with Crippen LogP contribution in [0.15, 0.2) is 12.3 Å². The summed E-state index contributed by atoms with van der Waals surface area (Å²) in [6.07, 6.45) is 1.11. The number of halogens is 1. The molecule has 0 atom stereocenters. The van der Waals surface area contributed by atoms with Crippen LogP contribution in [0.4, 0.5) is 4.39 Å². The van der Waals surface area contributed by atoms with Gasteiger partial charge in [0.1, 0.15) is 5.82 Å². The first-order valence-corrected chi connectivity index (χ1v) is 2.96. The average Bonchev–Trinajstić information content (AvgIpc) is 1.95. The normalized spacial score (nSPS) is 9.90. The Morgan fingerprint density at radius 3 is 2.90 bits per heavy atom. The first-order valence-electron chi connectivity index (χ1n) is 2.96. The Hall–Kier alpha value is -0.960. The zero-order chi connectivity index (χ0) is 7.56. The van der Waals surface area contributed by atoms with Crippen LogP contribution in [0.5, 0.6) is 0 Å². The molecule has 0 aliphatic carbocycles. The smallest absolute Gasteiger partial charge is 0.144 e. The van der Waals surface area contributed by atoms with Gasteiger partial charge in [-0.3, -0.25) is 4.98 Å². The Morgan fingerprint density at radius 2 is 2.40 bits per heavy atom. The third kappa shape index (κ3) is 1.30. The minimum atomic E-state index is -0.336. The zero-order valence-corrected chi connectivity index (χ0v) is 5.63. The standard InChI is InChI=1S/C7H8FNO/c1-5-2-6(4-10)9-3-7(5)8/h2-3,10H,4H2,1H3. The van der Waals surface area contributed by atoms with Crippen LogP contribution >= 0.6 is 0 Å². The largest absolute Gasteiger partial charge is 0.390 e. The predicted molar refractivity (Wildman–Crippen MR) is 34.9 cm³/mol. The Bertz CT molecular complexity index is 237. The van der Waals surface area contributed by atoms with Gasteiger partial charge < -0.3 is 5.11 Å². The van der Waals surface area contributed by atoms with Crippen LogP contribution in [-0.4, -0.2) is 10.1 Å². The van der Waals surface area contributed by atoms with E-state index in [1.807, 2.05) is 0 Å². The topological polar surface area (TPSA) is 33.1 Å². The highest BCUT2D eigenvalue weighted by Crippen LogP contribution is 2.04. The lowest BCUT2D eigenvalue weighted by Gasteiger charge is -1.96. The van der Waals surface area contributed by atoms with Gasteiger partial charge in [-0.15, -0.1) is 0 Å². The summed E-state index contributed by atoms with van der Waals surface area (Å²) in [4.78, 5) is 3.63. The monoisotopic (exact) mass is 141 g/mol. The fourth-order valence-corrected chi connectivity index (χ4v) is 0.684. The molecule has 1 heterocycles. The molecule has 1 rings (SSSR count). The maximum atomic E-state index is 12.5. The second kappa shape index (κ2) is 2.75. The highest BCUT2D eigenvalue weighted by atomic mass is 19.1. The number of pyridine rings is 1. The number of rotatable bonds is 1. The van der Waals surface area contributed by atoms with E-state index in [0.29, 0.717) is 11.3 Å². The lowest BCUT2D eigenvalue weighted by Crippen LogP contribution is -1.92. The lowest BCUT2D eigenvalue weighted by molar-refractivity contribution is 0.276. The van der Waals surface area contributed by atoms with Gasteiger partial charge in [-0.1, -0.05) is 0 Å². The van der Waals surface area contributed by atoms with E-state index in [2.05, 4.69) is 4.98 Å². The number of aromatic nitrogens is 1. The minimum Gasteiger partial charge on any atom is -0.390 e. The van der Waals surface area contributed by atoms with Gasteiger partial charge in [0.05, 0.1) is 18.5 Å². The van der Waals surface area contributed by atoms with Crippen LogP contribution in [0.1, 0.15) is 11.3 Å². The van der Waals surface area contributed by atoms with Crippen molar-refractivity contribution in [2.24, 2.45) is 0 Å². The molecule has 2 nitrogen and oxygen atoms in total. The molecule has 0 radical (unpaired) electrons. The molecule has 3 heteroatoms. The van der Waals surface area contributed by atoms with E-state index in [0.717, 1.165) is 6.20 Å². The molecule has 0 aliphatic rings. The van der Waals surface area contributed by atoms with Gasteiger partial charge in [-0.25, -0.2) is 4.39 Å². The molecule has 1 aromatic heterocycles. The average molecular weight is 141 g/mol. The van der Waals surface area contributed by atoms with Gasteiger partial charge >= 0.3 is 0 Å². The third-order valence-corrected chi connectivity index (χ3v) is 1.27. The molecule has 0 bridgehead atoms. The molecule has 0 amide bonds. The van der Waals surface area contributed by atoms with Gasteiger partial charge in [0, 0.05) is 0 Å². The van der Waals surface area contributed by atoms with Gasteiger partial charge in [-0.05, 0) is 18.6 Å². The van der Waals surface area contributed by atoms with Gasteiger partial charge in [-0.2, -0.15) is 0 Å². The SMILES string of the molecule is Cc1cc(CO)ncc1F. The summed E-state index contributed by atoms with van der Waals surface area (Å²) in [6.45, 7) is 1.50. The van der Waals surface area contributed by atoms with E-state index in [-0.39, 0.29) is 12.4 Å². The van der Waals surface area contributed by atoms with Gasteiger partial charge in [0.25, 0.3) is 0 Å². The molecular weight excluding hydrogens is 133 g/mol.